The van der Waals surface area contributed by atoms with Crippen molar-refractivity contribution in [2.24, 2.45) is 0 Å². The number of ether oxygens (including phenoxy) is 1. The number of benzene rings is 1. The Morgan fingerprint density at radius 3 is 2.89 bits per heavy atom. The fraction of sp³-hybridized carbons (Fsp3) is 0.357. The Bertz CT molecular complexity index is 547. The van der Waals surface area contributed by atoms with Crippen molar-refractivity contribution < 1.29 is 14.6 Å². The standard InChI is InChI=1S/C14H17NO3/c1-3-18-14(17)13(16)9(2)11-8-15-12-7-5-4-6-10(11)12/h4-9,13,15-16H,3H2,1-2H3/t9-,13-/m1/s1. The number of carbonyl (C=O) groups is 1. The number of carbonyl (C=O) groups excluding carboxylic acids is 1. The van der Waals surface area contributed by atoms with Crippen LogP contribution in [0, 0.1) is 0 Å². The maximum absolute atomic E-state index is 11.5. The SMILES string of the molecule is CCOC(=O)[C@H](O)[C@H](C)c1c[nH]c2ccccc12. The number of rotatable bonds is 4. The molecule has 0 aliphatic heterocycles. The molecule has 0 unspecified atom stereocenters. The molecule has 2 N–H and O–H groups in total. The molecule has 18 heavy (non-hydrogen) atoms. The molecule has 0 amide bonds. The largest absolute Gasteiger partial charge is 0.464 e. The predicted octanol–water partition coefficient (Wildman–Crippen LogP) is 2.20. The molecule has 0 saturated carbocycles. The van der Waals surface area contributed by atoms with Gasteiger partial charge >= 0.3 is 5.97 Å². The zero-order valence-corrected chi connectivity index (χ0v) is 10.5. The van der Waals surface area contributed by atoms with Gasteiger partial charge in [-0.3, -0.25) is 0 Å². The average Bonchev–Trinajstić information content (AvgIpc) is 2.81. The zero-order chi connectivity index (χ0) is 13.1. The van der Waals surface area contributed by atoms with Gasteiger partial charge in [-0.15, -0.1) is 0 Å². The average molecular weight is 247 g/mol. The van der Waals surface area contributed by atoms with Gasteiger partial charge < -0.3 is 14.8 Å². The molecule has 4 heteroatoms. The van der Waals surface area contributed by atoms with Gasteiger partial charge in [-0.2, -0.15) is 0 Å². The molecule has 2 aromatic rings. The van der Waals surface area contributed by atoms with Crippen molar-refractivity contribution in [2.75, 3.05) is 6.61 Å². The van der Waals surface area contributed by atoms with E-state index in [1.165, 1.54) is 0 Å². The minimum atomic E-state index is -1.14. The smallest absolute Gasteiger partial charge is 0.335 e. The number of fused-ring (bicyclic) bond motifs is 1. The van der Waals surface area contributed by atoms with E-state index in [0.717, 1.165) is 16.5 Å². The zero-order valence-electron chi connectivity index (χ0n) is 10.5. The van der Waals surface area contributed by atoms with E-state index in [1.807, 2.05) is 37.4 Å². The van der Waals surface area contributed by atoms with Crippen molar-refractivity contribution in [3.8, 4) is 0 Å². The van der Waals surface area contributed by atoms with Gasteiger partial charge in [-0.25, -0.2) is 4.79 Å². The first-order valence-electron chi connectivity index (χ1n) is 6.05. The van der Waals surface area contributed by atoms with Crippen molar-refractivity contribution in [1.29, 1.82) is 0 Å². The molecular formula is C14H17NO3. The first-order chi connectivity index (χ1) is 8.65. The van der Waals surface area contributed by atoms with Crippen LogP contribution >= 0.6 is 0 Å². The van der Waals surface area contributed by atoms with Gasteiger partial charge in [-0.1, -0.05) is 25.1 Å². The number of aromatic nitrogens is 1. The summed E-state index contributed by atoms with van der Waals surface area (Å²) in [5, 5.41) is 11.0. The van der Waals surface area contributed by atoms with Crippen molar-refractivity contribution in [3.05, 3.63) is 36.0 Å². The Hall–Kier alpha value is -1.81. The summed E-state index contributed by atoms with van der Waals surface area (Å²) < 4.78 is 4.84. The summed E-state index contributed by atoms with van der Waals surface area (Å²) in [6.45, 7) is 3.81. The quantitative estimate of drug-likeness (QED) is 0.814. The van der Waals surface area contributed by atoms with Gasteiger partial charge in [0.1, 0.15) is 0 Å². The minimum Gasteiger partial charge on any atom is -0.464 e. The van der Waals surface area contributed by atoms with Crippen molar-refractivity contribution in [3.63, 3.8) is 0 Å². The third-order valence-corrected chi connectivity index (χ3v) is 3.11. The predicted molar refractivity (Wildman–Crippen MR) is 69.4 cm³/mol. The summed E-state index contributed by atoms with van der Waals surface area (Å²) in [4.78, 5) is 14.7. The third-order valence-electron chi connectivity index (χ3n) is 3.11. The Morgan fingerprint density at radius 1 is 1.44 bits per heavy atom. The van der Waals surface area contributed by atoms with Gasteiger partial charge in [0.05, 0.1) is 6.61 Å². The van der Waals surface area contributed by atoms with Crippen LogP contribution in [-0.4, -0.2) is 28.8 Å². The van der Waals surface area contributed by atoms with Crippen LogP contribution < -0.4 is 0 Å². The third kappa shape index (κ3) is 2.24. The van der Waals surface area contributed by atoms with E-state index >= 15 is 0 Å². The second-order valence-corrected chi connectivity index (χ2v) is 4.28. The number of esters is 1. The number of nitrogens with one attached hydrogen (secondary N) is 1. The molecule has 2 atom stereocenters. The number of aliphatic hydroxyl groups is 1. The maximum atomic E-state index is 11.5. The highest BCUT2D eigenvalue weighted by molar-refractivity contribution is 5.85. The number of H-pyrrole nitrogens is 1. The summed E-state index contributed by atoms with van der Waals surface area (Å²) in [5.41, 5.74) is 1.92. The lowest BCUT2D eigenvalue weighted by Crippen LogP contribution is -2.28. The van der Waals surface area contributed by atoms with Gasteiger partial charge in [0.15, 0.2) is 6.10 Å². The summed E-state index contributed by atoms with van der Waals surface area (Å²) in [5.74, 6) is -0.879. The number of aliphatic hydroxyl groups excluding tert-OH is 1. The van der Waals surface area contributed by atoms with E-state index in [4.69, 9.17) is 4.74 Å². The number of hydrogen-bond donors (Lipinski definition) is 2. The molecule has 1 aromatic carbocycles. The molecule has 96 valence electrons. The van der Waals surface area contributed by atoms with Gasteiger partial charge in [0.25, 0.3) is 0 Å². The van der Waals surface area contributed by atoms with Crippen LogP contribution in [-0.2, 0) is 9.53 Å². The molecule has 0 fully saturated rings. The van der Waals surface area contributed by atoms with Crippen LogP contribution in [0.4, 0.5) is 0 Å². The lowest BCUT2D eigenvalue weighted by atomic mass is 9.95. The van der Waals surface area contributed by atoms with Crippen LogP contribution in [0.2, 0.25) is 0 Å². The Morgan fingerprint density at radius 2 is 2.17 bits per heavy atom. The van der Waals surface area contributed by atoms with Crippen LogP contribution in [0.25, 0.3) is 10.9 Å². The van der Waals surface area contributed by atoms with Crippen molar-refractivity contribution in [1.82, 2.24) is 4.98 Å². The molecule has 2 rings (SSSR count). The van der Waals surface area contributed by atoms with Crippen LogP contribution in [0.15, 0.2) is 30.5 Å². The maximum Gasteiger partial charge on any atom is 0.335 e. The van der Waals surface area contributed by atoms with Gasteiger partial charge in [0.2, 0.25) is 0 Å². The van der Waals surface area contributed by atoms with Crippen LogP contribution in [0.3, 0.4) is 0 Å². The summed E-state index contributed by atoms with van der Waals surface area (Å²) >= 11 is 0. The van der Waals surface area contributed by atoms with Crippen molar-refractivity contribution in [2.45, 2.75) is 25.9 Å². The second kappa shape index (κ2) is 5.23. The molecule has 4 nitrogen and oxygen atoms in total. The first kappa shape index (κ1) is 12.6. The van der Waals surface area contributed by atoms with E-state index in [9.17, 15) is 9.90 Å². The molecule has 0 aliphatic rings. The number of para-hydroxylation sites is 1. The minimum absolute atomic E-state index is 0.274. The Balaban J connectivity index is 2.28. The number of aromatic amines is 1. The topological polar surface area (TPSA) is 62.3 Å². The molecule has 0 bridgehead atoms. The molecule has 0 spiro atoms. The highest BCUT2D eigenvalue weighted by atomic mass is 16.5. The molecule has 1 heterocycles. The van der Waals surface area contributed by atoms with Crippen LogP contribution in [0.1, 0.15) is 25.3 Å². The molecule has 0 radical (unpaired) electrons. The second-order valence-electron chi connectivity index (χ2n) is 4.28. The summed E-state index contributed by atoms with van der Waals surface area (Å²) in [6.07, 6.45) is 0.696. The van der Waals surface area contributed by atoms with E-state index in [2.05, 4.69) is 4.98 Å². The van der Waals surface area contributed by atoms with E-state index in [1.54, 1.807) is 6.92 Å². The Kier molecular flexibility index (Phi) is 3.67. The van der Waals surface area contributed by atoms with Gasteiger partial charge in [0, 0.05) is 23.0 Å². The normalized spacial score (nSPS) is 14.4. The molecule has 1 aromatic heterocycles. The molecule has 0 aliphatic carbocycles. The lowest BCUT2D eigenvalue weighted by Gasteiger charge is -2.16. The van der Waals surface area contributed by atoms with E-state index in [0.29, 0.717) is 0 Å². The van der Waals surface area contributed by atoms with Crippen molar-refractivity contribution >= 4 is 16.9 Å². The summed E-state index contributed by atoms with van der Waals surface area (Å²) in [6, 6.07) is 7.80. The highest BCUT2D eigenvalue weighted by Crippen LogP contribution is 2.27. The van der Waals surface area contributed by atoms with Gasteiger partial charge in [-0.05, 0) is 18.6 Å². The van der Waals surface area contributed by atoms with Crippen LogP contribution in [0.5, 0.6) is 0 Å². The number of hydrogen-bond acceptors (Lipinski definition) is 3. The molecular weight excluding hydrogens is 230 g/mol. The summed E-state index contributed by atoms with van der Waals surface area (Å²) in [7, 11) is 0. The lowest BCUT2D eigenvalue weighted by molar-refractivity contribution is -0.154. The fourth-order valence-corrected chi connectivity index (χ4v) is 2.07. The monoisotopic (exact) mass is 247 g/mol. The van der Waals surface area contributed by atoms with E-state index in [-0.39, 0.29) is 12.5 Å². The fourth-order valence-electron chi connectivity index (χ4n) is 2.07. The first-order valence-corrected chi connectivity index (χ1v) is 6.05. The van der Waals surface area contributed by atoms with E-state index < -0.39 is 12.1 Å². The Labute approximate surface area is 106 Å². The molecule has 0 saturated heterocycles. The highest BCUT2D eigenvalue weighted by Gasteiger charge is 2.26.